The molecule has 1 aromatic carbocycles. The Morgan fingerprint density at radius 3 is 2.72 bits per heavy atom. The molecule has 2 amide bonds. The van der Waals surface area contributed by atoms with Gasteiger partial charge in [0.1, 0.15) is 5.76 Å². The van der Waals surface area contributed by atoms with E-state index in [0.717, 1.165) is 57.2 Å². The summed E-state index contributed by atoms with van der Waals surface area (Å²) in [6.07, 6.45) is 5.96. The second kappa shape index (κ2) is 8.18. The third kappa shape index (κ3) is 3.78. The Balaban J connectivity index is 1.33. The van der Waals surface area contributed by atoms with E-state index in [-0.39, 0.29) is 17.5 Å². The summed E-state index contributed by atoms with van der Waals surface area (Å²) in [6.45, 7) is 8.09. The van der Waals surface area contributed by atoms with E-state index in [9.17, 15) is 4.79 Å². The molecule has 0 radical (unpaired) electrons. The molecule has 0 saturated heterocycles. The molecule has 0 fully saturated rings. The number of anilines is 1. The molecule has 0 saturated carbocycles. The number of hydrogen-bond acceptors (Lipinski definition) is 6. The molecule has 4 N–H and O–H groups in total. The molecular formula is C26H28N8O2. The molecule has 10 heteroatoms. The van der Waals surface area contributed by atoms with Crippen LogP contribution in [0.4, 0.5) is 10.6 Å². The highest BCUT2D eigenvalue weighted by Crippen LogP contribution is 2.38. The molecule has 1 aliphatic rings. The molecular weight excluding hydrogens is 456 g/mol. The number of benzene rings is 1. The molecule has 4 heterocycles. The Morgan fingerprint density at radius 2 is 1.97 bits per heavy atom. The fraction of sp³-hybridized carbons (Fsp3) is 0.346. The van der Waals surface area contributed by atoms with E-state index in [2.05, 4.69) is 36.2 Å². The lowest BCUT2D eigenvalue weighted by atomic mass is 9.83. The fourth-order valence-electron chi connectivity index (χ4n) is 5.02. The Labute approximate surface area is 207 Å². The molecule has 5 aromatic rings. The van der Waals surface area contributed by atoms with E-state index in [4.69, 9.17) is 9.51 Å². The van der Waals surface area contributed by atoms with Gasteiger partial charge in [0.2, 0.25) is 0 Å². The molecule has 0 aliphatic heterocycles. The van der Waals surface area contributed by atoms with Crippen molar-refractivity contribution >= 4 is 33.7 Å². The molecule has 10 nitrogen and oxygen atoms in total. The molecule has 36 heavy (non-hydrogen) atoms. The number of carbonyl (C=O) groups excluding carboxylic acids is 1. The quantitative estimate of drug-likeness (QED) is 0.291. The maximum Gasteiger partial charge on any atom is 0.320 e. The van der Waals surface area contributed by atoms with Crippen molar-refractivity contribution in [2.75, 3.05) is 5.32 Å². The van der Waals surface area contributed by atoms with Crippen LogP contribution in [0.1, 0.15) is 49.8 Å². The second-order valence-electron chi connectivity index (χ2n) is 10.5. The number of amides is 2. The zero-order valence-corrected chi connectivity index (χ0v) is 20.7. The fourth-order valence-corrected chi connectivity index (χ4v) is 5.02. The number of fused-ring (bicyclic) bond motifs is 5. The predicted molar refractivity (Wildman–Crippen MR) is 137 cm³/mol. The van der Waals surface area contributed by atoms with Crippen molar-refractivity contribution < 1.29 is 9.32 Å². The van der Waals surface area contributed by atoms with Crippen molar-refractivity contribution in [1.82, 2.24) is 35.9 Å². The van der Waals surface area contributed by atoms with E-state index in [1.807, 2.05) is 52.2 Å². The van der Waals surface area contributed by atoms with Crippen LogP contribution in [0.5, 0.6) is 0 Å². The second-order valence-corrected chi connectivity index (χ2v) is 10.5. The highest BCUT2D eigenvalue weighted by molar-refractivity contribution is 6.07. The number of nitrogens with zero attached hydrogens (tertiary/aromatic N) is 4. The smallest absolute Gasteiger partial charge is 0.320 e. The highest BCUT2D eigenvalue weighted by atomic mass is 16.5. The molecule has 1 unspecified atom stereocenters. The third-order valence-electron chi connectivity index (χ3n) is 6.89. The monoisotopic (exact) mass is 484 g/mol. The number of pyridine rings is 1. The van der Waals surface area contributed by atoms with Crippen molar-refractivity contribution in [3.8, 4) is 11.3 Å². The summed E-state index contributed by atoms with van der Waals surface area (Å²) in [5, 5.41) is 26.7. The third-order valence-corrected chi connectivity index (χ3v) is 6.89. The van der Waals surface area contributed by atoms with Gasteiger partial charge in [0.25, 0.3) is 0 Å². The standard InChI is InChI=1S/C26H28N8O2/c1-13-17(11-27-32-13)24-16-9-14(29-25(35)31-22-10-21(36-34-22)26(2,3)4)5-6-15(16)23-18-12-28-33-19(18)7-8-20(23)30-24/h7-8,10-12,14H,5-6,9H2,1-4H3,(H,27,32)(H,28,33)(H2,29,31,34,35). The molecule has 1 aliphatic carbocycles. The number of aryl methyl sites for hydroxylation is 2. The van der Waals surface area contributed by atoms with Crippen LogP contribution in [0, 0.1) is 6.92 Å². The number of hydrogen-bond donors (Lipinski definition) is 4. The number of carbonyl (C=O) groups is 1. The highest BCUT2D eigenvalue weighted by Gasteiger charge is 2.28. The summed E-state index contributed by atoms with van der Waals surface area (Å²) in [4.78, 5) is 17.9. The zero-order valence-electron chi connectivity index (χ0n) is 20.7. The lowest BCUT2D eigenvalue weighted by molar-refractivity contribution is 0.247. The van der Waals surface area contributed by atoms with E-state index < -0.39 is 0 Å². The van der Waals surface area contributed by atoms with Crippen molar-refractivity contribution in [2.45, 2.75) is 58.4 Å². The van der Waals surface area contributed by atoms with Crippen LogP contribution >= 0.6 is 0 Å². The Morgan fingerprint density at radius 1 is 1.14 bits per heavy atom. The topological polar surface area (TPSA) is 137 Å². The van der Waals surface area contributed by atoms with Gasteiger partial charge in [0.05, 0.1) is 29.1 Å². The molecule has 0 spiro atoms. The van der Waals surface area contributed by atoms with E-state index in [1.54, 1.807) is 6.07 Å². The minimum absolute atomic E-state index is 0.0553. The van der Waals surface area contributed by atoms with Crippen LogP contribution in [-0.2, 0) is 18.3 Å². The summed E-state index contributed by atoms with van der Waals surface area (Å²) in [5.74, 6) is 1.12. The van der Waals surface area contributed by atoms with Gasteiger partial charge in [0, 0.05) is 39.6 Å². The van der Waals surface area contributed by atoms with Gasteiger partial charge in [-0.3, -0.25) is 15.5 Å². The summed E-state index contributed by atoms with van der Waals surface area (Å²) in [5.41, 5.74) is 6.97. The van der Waals surface area contributed by atoms with Gasteiger partial charge in [-0.25, -0.2) is 9.78 Å². The normalized spacial score (nSPS) is 15.8. The van der Waals surface area contributed by atoms with Gasteiger partial charge in [-0.05, 0) is 49.4 Å². The summed E-state index contributed by atoms with van der Waals surface area (Å²) >= 11 is 0. The molecule has 1 atom stereocenters. The number of rotatable bonds is 3. The largest absolute Gasteiger partial charge is 0.359 e. The van der Waals surface area contributed by atoms with Crippen molar-refractivity contribution in [3.05, 3.63) is 53.2 Å². The summed E-state index contributed by atoms with van der Waals surface area (Å²) in [6, 6.07) is 5.46. The lowest BCUT2D eigenvalue weighted by Crippen LogP contribution is -2.41. The van der Waals surface area contributed by atoms with Crippen LogP contribution in [-0.4, -0.2) is 42.6 Å². The van der Waals surface area contributed by atoms with Crippen LogP contribution in [0.15, 0.2) is 35.1 Å². The Bertz CT molecular complexity index is 1600. The average molecular weight is 485 g/mol. The lowest BCUT2D eigenvalue weighted by Gasteiger charge is -2.28. The van der Waals surface area contributed by atoms with Gasteiger partial charge in [-0.2, -0.15) is 10.2 Å². The number of aromatic nitrogens is 6. The number of urea groups is 1. The van der Waals surface area contributed by atoms with Crippen LogP contribution in [0.25, 0.3) is 33.1 Å². The van der Waals surface area contributed by atoms with Crippen molar-refractivity contribution in [2.24, 2.45) is 0 Å². The number of aromatic amines is 2. The van der Waals surface area contributed by atoms with Gasteiger partial charge in [-0.15, -0.1) is 0 Å². The van der Waals surface area contributed by atoms with E-state index in [1.165, 1.54) is 5.56 Å². The predicted octanol–water partition coefficient (Wildman–Crippen LogP) is 4.77. The maximum atomic E-state index is 12.8. The van der Waals surface area contributed by atoms with Crippen molar-refractivity contribution in [3.63, 3.8) is 0 Å². The van der Waals surface area contributed by atoms with Gasteiger partial charge >= 0.3 is 6.03 Å². The van der Waals surface area contributed by atoms with Crippen LogP contribution in [0.2, 0.25) is 0 Å². The first-order valence-corrected chi connectivity index (χ1v) is 12.1. The minimum atomic E-state index is -0.302. The van der Waals surface area contributed by atoms with Crippen LogP contribution < -0.4 is 10.6 Å². The summed E-state index contributed by atoms with van der Waals surface area (Å²) in [7, 11) is 0. The number of nitrogens with one attached hydrogen (secondary N) is 4. The first-order valence-electron chi connectivity index (χ1n) is 12.1. The van der Waals surface area contributed by atoms with Gasteiger partial charge in [0.15, 0.2) is 5.82 Å². The Kier molecular flexibility index (Phi) is 5.06. The first-order chi connectivity index (χ1) is 17.3. The van der Waals surface area contributed by atoms with Gasteiger partial charge < -0.3 is 9.84 Å². The average Bonchev–Trinajstić information content (AvgIpc) is 3.58. The summed E-state index contributed by atoms with van der Waals surface area (Å²) < 4.78 is 5.39. The van der Waals surface area contributed by atoms with E-state index >= 15 is 0 Å². The molecule has 4 aromatic heterocycles. The minimum Gasteiger partial charge on any atom is -0.359 e. The van der Waals surface area contributed by atoms with Crippen molar-refractivity contribution in [1.29, 1.82) is 0 Å². The Hall–Kier alpha value is -4.21. The molecule has 0 bridgehead atoms. The SMILES string of the molecule is Cc1[nH]ncc1-c1nc2ccc3[nH]ncc3c2c2c1CC(NC(=O)Nc1cc(C(C)(C)C)on1)CC2. The maximum absolute atomic E-state index is 12.8. The van der Waals surface area contributed by atoms with Crippen LogP contribution in [0.3, 0.4) is 0 Å². The van der Waals surface area contributed by atoms with Gasteiger partial charge in [-0.1, -0.05) is 25.9 Å². The molecule has 6 rings (SSSR count). The van der Waals surface area contributed by atoms with E-state index in [0.29, 0.717) is 18.0 Å². The molecule has 184 valence electrons. The zero-order chi connectivity index (χ0) is 25.0. The first kappa shape index (κ1) is 22.3. The number of H-pyrrole nitrogens is 2.